The van der Waals surface area contributed by atoms with Gasteiger partial charge in [0, 0.05) is 11.3 Å². The van der Waals surface area contributed by atoms with Crippen molar-refractivity contribution in [3.05, 3.63) is 59.9 Å². The van der Waals surface area contributed by atoms with Gasteiger partial charge in [-0.1, -0.05) is 24.3 Å². The van der Waals surface area contributed by atoms with E-state index in [-0.39, 0.29) is 11.9 Å². The molecule has 2 N–H and O–H groups in total. The summed E-state index contributed by atoms with van der Waals surface area (Å²) in [5.74, 6) is 0.320. The predicted molar refractivity (Wildman–Crippen MR) is 77.9 cm³/mol. The van der Waals surface area contributed by atoms with Crippen molar-refractivity contribution in [1.29, 1.82) is 0 Å². The third kappa shape index (κ3) is 2.47. The first-order valence-corrected chi connectivity index (χ1v) is 6.55. The second kappa shape index (κ2) is 5.32. The van der Waals surface area contributed by atoms with Crippen LogP contribution in [0.5, 0.6) is 0 Å². The van der Waals surface area contributed by atoms with Crippen molar-refractivity contribution in [2.75, 3.05) is 5.73 Å². The lowest BCUT2D eigenvalue weighted by molar-refractivity contribution is 0.546. The van der Waals surface area contributed by atoms with Crippen LogP contribution < -0.4 is 5.73 Å². The monoisotopic (exact) mass is 283 g/mol. The average molecular weight is 283 g/mol. The summed E-state index contributed by atoms with van der Waals surface area (Å²) in [6.45, 7) is 1.95. The zero-order valence-corrected chi connectivity index (χ0v) is 11.4. The van der Waals surface area contributed by atoms with E-state index >= 15 is 0 Å². The number of rotatable bonds is 3. The maximum atomic E-state index is 13.0. The first kappa shape index (κ1) is 13.2. The molecular formula is C15H14FN5. The molecule has 6 heteroatoms. The molecule has 1 aromatic heterocycles. The molecule has 0 saturated heterocycles. The molecule has 106 valence electrons. The van der Waals surface area contributed by atoms with Crippen molar-refractivity contribution in [1.82, 2.24) is 20.2 Å². The average Bonchev–Trinajstić information content (AvgIpc) is 2.97. The van der Waals surface area contributed by atoms with Crippen LogP contribution in [0.1, 0.15) is 18.5 Å². The lowest BCUT2D eigenvalue weighted by atomic mass is 10.1. The molecule has 0 spiro atoms. The molecule has 0 radical (unpaired) electrons. The number of aromatic nitrogens is 4. The molecule has 1 unspecified atom stereocenters. The van der Waals surface area contributed by atoms with E-state index in [2.05, 4.69) is 15.5 Å². The van der Waals surface area contributed by atoms with E-state index in [1.165, 1.54) is 12.1 Å². The van der Waals surface area contributed by atoms with E-state index in [9.17, 15) is 4.39 Å². The van der Waals surface area contributed by atoms with Crippen LogP contribution in [-0.4, -0.2) is 20.2 Å². The minimum atomic E-state index is -0.268. The second-order valence-corrected chi connectivity index (χ2v) is 4.76. The third-order valence-electron chi connectivity index (χ3n) is 3.41. The zero-order valence-electron chi connectivity index (χ0n) is 11.4. The van der Waals surface area contributed by atoms with Gasteiger partial charge in [0.1, 0.15) is 5.82 Å². The van der Waals surface area contributed by atoms with Crippen molar-refractivity contribution in [3.8, 4) is 11.4 Å². The first-order valence-electron chi connectivity index (χ1n) is 6.55. The number of benzene rings is 2. The SMILES string of the molecule is CC(c1ccc(F)cc1)n1nnnc1-c1ccccc1N. The van der Waals surface area contributed by atoms with Crippen LogP contribution in [0.3, 0.4) is 0 Å². The van der Waals surface area contributed by atoms with Crippen LogP contribution in [0, 0.1) is 5.82 Å². The fraction of sp³-hybridized carbons (Fsp3) is 0.133. The molecule has 1 atom stereocenters. The predicted octanol–water partition coefficient (Wildman–Crippen LogP) is 2.67. The summed E-state index contributed by atoms with van der Waals surface area (Å²) in [6, 6.07) is 13.6. The van der Waals surface area contributed by atoms with Crippen LogP contribution in [0.4, 0.5) is 10.1 Å². The summed E-state index contributed by atoms with van der Waals surface area (Å²) < 4.78 is 14.7. The van der Waals surface area contributed by atoms with Gasteiger partial charge in [0.25, 0.3) is 0 Å². The van der Waals surface area contributed by atoms with E-state index in [0.29, 0.717) is 11.5 Å². The molecule has 0 fully saturated rings. The van der Waals surface area contributed by atoms with E-state index < -0.39 is 0 Å². The Hall–Kier alpha value is -2.76. The third-order valence-corrected chi connectivity index (χ3v) is 3.41. The van der Waals surface area contributed by atoms with Crippen LogP contribution in [0.15, 0.2) is 48.5 Å². The van der Waals surface area contributed by atoms with E-state index in [0.717, 1.165) is 11.1 Å². The molecule has 0 aliphatic carbocycles. The summed E-state index contributed by atoms with van der Waals surface area (Å²) >= 11 is 0. The quantitative estimate of drug-likeness (QED) is 0.750. The Labute approximate surface area is 121 Å². The van der Waals surface area contributed by atoms with Crippen LogP contribution in [0.25, 0.3) is 11.4 Å². The van der Waals surface area contributed by atoms with E-state index in [1.54, 1.807) is 22.9 Å². The minimum Gasteiger partial charge on any atom is -0.398 e. The van der Waals surface area contributed by atoms with Gasteiger partial charge in [0.2, 0.25) is 0 Å². The highest BCUT2D eigenvalue weighted by atomic mass is 19.1. The van der Waals surface area contributed by atoms with Gasteiger partial charge >= 0.3 is 0 Å². The summed E-state index contributed by atoms with van der Waals surface area (Å²) in [7, 11) is 0. The fourth-order valence-electron chi connectivity index (χ4n) is 2.21. The van der Waals surface area contributed by atoms with Gasteiger partial charge in [0.15, 0.2) is 5.82 Å². The highest BCUT2D eigenvalue weighted by molar-refractivity contribution is 5.71. The highest BCUT2D eigenvalue weighted by Gasteiger charge is 2.17. The van der Waals surface area contributed by atoms with Gasteiger partial charge in [-0.3, -0.25) is 0 Å². The summed E-state index contributed by atoms with van der Waals surface area (Å²) in [4.78, 5) is 0. The smallest absolute Gasteiger partial charge is 0.184 e. The molecular weight excluding hydrogens is 269 g/mol. The van der Waals surface area contributed by atoms with Crippen molar-refractivity contribution in [2.24, 2.45) is 0 Å². The van der Waals surface area contributed by atoms with Crippen molar-refractivity contribution < 1.29 is 4.39 Å². The Bertz CT molecular complexity index is 751. The number of nitrogens with zero attached hydrogens (tertiary/aromatic N) is 4. The number of tetrazole rings is 1. The number of nitrogens with two attached hydrogens (primary N) is 1. The standard InChI is InChI=1S/C15H14FN5/c1-10(11-6-8-12(16)9-7-11)21-15(18-19-20-21)13-4-2-3-5-14(13)17/h2-10H,17H2,1H3. The lowest BCUT2D eigenvalue weighted by Gasteiger charge is -2.14. The molecule has 21 heavy (non-hydrogen) atoms. The topological polar surface area (TPSA) is 69.6 Å². The second-order valence-electron chi connectivity index (χ2n) is 4.76. The van der Waals surface area contributed by atoms with Crippen LogP contribution in [-0.2, 0) is 0 Å². The molecule has 3 aromatic rings. The fourth-order valence-corrected chi connectivity index (χ4v) is 2.21. The Morgan fingerprint density at radius 1 is 1.10 bits per heavy atom. The Morgan fingerprint density at radius 3 is 2.52 bits per heavy atom. The Morgan fingerprint density at radius 2 is 1.81 bits per heavy atom. The Kier molecular flexibility index (Phi) is 3.35. The summed E-state index contributed by atoms with van der Waals surface area (Å²) in [6.07, 6.45) is 0. The summed E-state index contributed by atoms with van der Waals surface area (Å²) in [5.41, 5.74) is 8.28. The number of para-hydroxylation sites is 1. The number of halogens is 1. The largest absolute Gasteiger partial charge is 0.398 e. The van der Waals surface area contributed by atoms with Crippen LogP contribution >= 0.6 is 0 Å². The zero-order chi connectivity index (χ0) is 14.8. The van der Waals surface area contributed by atoms with Crippen molar-refractivity contribution >= 4 is 5.69 Å². The molecule has 0 bridgehead atoms. The van der Waals surface area contributed by atoms with Gasteiger partial charge in [-0.15, -0.1) is 5.10 Å². The van der Waals surface area contributed by atoms with Gasteiger partial charge < -0.3 is 5.73 Å². The van der Waals surface area contributed by atoms with Crippen LogP contribution in [0.2, 0.25) is 0 Å². The van der Waals surface area contributed by atoms with Gasteiger partial charge in [-0.2, -0.15) is 0 Å². The number of hydrogen-bond donors (Lipinski definition) is 1. The maximum Gasteiger partial charge on any atom is 0.184 e. The summed E-state index contributed by atoms with van der Waals surface area (Å²) in [5, 5.41) is 11.8. The first-order chi connectivity index (χ1) is 10.2. The van der Waals surface area contributed by atoms with E-state index in [4.69, 9.17) is 5.73 Å². The molecule has 5 nitrogen and oxygen atoms in total. The molecule has 2 aromatic carbocycles. The highest BCUT2D eigenvalue weighted by Crippen LogP contribution is 2.27. The number of nitrogen functional groups attached to an aromatic ring is 1. The van der Waals surface area contributed by atoms with Gasteiger partial charge in [-0.05, 0) is 47.2 Å². The van der Waals surface area contributed by atoms with Gasteiger partial charge in [0.05, 0.1) is 6.04 Å². The van der Waals surface area contributed by atoms with Gasteiger partial charge in [-0.25, -0.2) is 9.07 Å². The lowest BCUT2D eigenvalue weighted by Crippen LogP contribution is -2.11. The molecule has 0 amide bonds. The van der Waals surface area contributed by atoms with E-state index in [1.807, 2.05) is 25.1 Å². The van der Waals surface area contributed by atoms with Crippen molar-refractivity contribution in [3.63, 3.8) is 0 Å². The molecule has 1 heterocycles. The molecule has 0 aliphatic heterocycles. The molecule has 0 aliphatic rings. The Balaban J connectivity index is 2.03. The minimum absolute atomic E-state index is 0.129. The number of anilines is 1. The van der Waals surface area contributed by atoms with Crippen molar-refractivity contribution in [2.45, 2.75) is 13.0 Å². The molecule has 0 saturated carbocycles. The normalized spacial score (nSPS) is 12.3. The number of hydrogen-bond acceptors (Lipinski definition) is 4. The maximum absolute atomic E-state index is 13.0. The molecule has 3 rings (SSSR count).